The molecule has 0 fully saturated rings. The highest BCUT2D eigenvalue weighted by Gasteiger charge is 2.21. The molecule has 0 spiro atoms. The number of benzene rings is 1. The van der Waals surface area contributed by atoms with Gasteiger partial charge in [0.05, 0.1) is 10.2 Å². The molecule has 0 amide bonds. The second-order valence-corrected chi connectivity index (χ2v) is 6.85. The van der Waals surface area contributed by atoms with Gasteiger partial charge in [0.15, 0.2) is 4.47 Å². The topological polar surface area (TPSA) is 16.1 Å². The second kappa shape index (κ2) is 5.48. The summed E-state index contributed by atoms with van der Waals surface area (Å²) in [6, 6.07) is 3.76. The molecule has 6 heteroatoms. The van der Waals surface area contributed by atoms with E-state index in [0.717, 1.165) is 42.9 Å². The lowest BCUT2D eigenvalue weighted by molar-refractivity contribution is 0.240. The van der Waals surface area contributed by atoms with Gasteiger partial charge in [-0.15, -0.1) is 11.3 Å². The fourth-order valence-electron chi connectivity index (χ4n) is 2.36. The van der Waals surface area contributed by atoms with Crippen molar-refractivity contribution in [2.24, 2.45) is 0 Å². The highest BCUT2D eigenvalue weighted by Crippen LogP contribution is 2.28. The SMILES string of the molecule is Fc1c(Br)ccc2c1CCN(Cc1csc(Cl)n1)C2. The average Bonchev–Trinajstić information content (AvgIpc) is 2.80. The molecule has 19 heavy (non-hydrogen) atoms. The van der Waals surface area contributed by atoms with Crippen LogP contribution in [0.25, 0.3) is 0 Å². The molecule has 2 aromatic rings. The van der Waals surface area contributed by atoms with Crippen molar-refractivity contribution < 1.29 is 4.39 Å². The van der Waals surface area contributed by atoms with Crippen LogP contribution in [-0.2, 0) is 19.5 Å². The van der Waals surface area contributed by atoms with E-state index < -0.39 is 0 Å². The molecular weight excluding hydrogens is 351 g/mol. The molecule has 0 saturated heterocycles. The zero-order valence-electron chi connectivity index (χ0n) is 10.00. The summed E-state index contributed by atoms with van der Waals surface area (Å²) in [6.45, 7) is 2.37. The predicted octanol–water partition coefficient (Wildman–Crippen LogP) is 4.26. The van der Waals surface area contributed by atoms with Crippen LogP contribution in [0.2, 0.25) is 4.47 Å². The van der Waals surface area contributed by atoms with E-state index in [1.165, 1.54) is 11.3 Å². The molecule has 0 saturated carbocycles. The van der Waals surface area contributed by atoms with Crippen LogP contribution < -0.4 is 0 Å². The first kappa shape index (κ1) is 13.5. The van der Waals surface area contributed by atoms with Crippen molar-refractivity contribution in [3.05, 3.63) is 49.1 Å². The Hall–Kier alpha value is -0.490. The van der Waals surface area contributed by atoms with E-state index in [2.05, 4.69) is 25.8 Å². The minimum atomic E-state index is -0.117. The lowest BCUT2D eigenvalue weighted by atomic mass is 9.99. The van der Waals surface area contributed by atoms with E-state index in [1.807, 2.05) is 11.4 Å². The number of thiazole rings is 1. The molecule has 0 aliphatic carbocycles. The van der Waals surface area contributed by atoms with E-state index in [-0.39, 0.29) is 5.82 Å². The fourth-order valence-corrected chi connectivity index (χ4v) is 3.50. The number of fused-ring (bicyclic) bond motifs is 1. The van der Waals surface area contributed by atoms with Gasteiger partial charge in [-0.2, -0.15) is 0 Å². The molecule has 1 aromatic heterocycles. The highest BCUT2D eigenvalue weighted by atomic mass is 79.9. The largest absolute Gasteiger partial charge is 0.293 e. The van der Waals surface area contributed by atoms with Gasteiger partial charge >= 0.3 is 0 Å². The zero-order chi connectivity index (χ0) is 13.4. The molecule has 2 heterocycles. The molecule has 0 unspecified atom stereocenters. The van der Waals surface area contributed by atoms with Crippen LogP contribution in [0.4, 0.5) is 4.39 Å². The van der Waals surface area contributed by atoms with Crippen LogP contribution in [0.3, 0.4) is 0 Å². The Balaban J connectivity index is 1.77. The van der Waals surface area contributed by atoms with Gasteiger partial charge in [0.25, 0.3) is 0 Å². The molecule has 2 nitrogen and oxygen atoms in total. The Kier molecular flexibility index (Phi) is 3.89. The Morgan fingerprint density at radius 1 is 1.47 bits per heavy atom. The van der Waals surface area contributed by atoms with Gasteiger partial charge < -0.3 is 0 Å². The smallest absolute Gasteiger partial charge is 0.183 e. The third-order valence-corrected chi connectivity index (χ3v) is 4.91. The zero-order valence-corrected chi connectivity index (χ0v) is 13.2. The summed E-state index contributed by atoms with van der Waals surface area (Å²) < 4.78 is 15.1. The van der Waals surface area contributed by atoms with Crippen LogP contribution in [0.1, 0.15) is 16.8 Å². The monoisotopic (exact) mass is 360 g/mol. The molecule has 1 aliphatic heterocycles. The van der Waals surface area contributed by atoms with E-state index in [4.69, 9.17) is 11.6 Å². The van der Waals surface area contributed by atoms with Crippen molar-refractivity contribution in [3.63, 3.8) is 0 Å². The summed E-state index contributed by atoms with van der Waals surface area (Å²) >= 11 is 10.5. The maximum atomic E-state index is 13.9. The molecule has 3 rings (SSSR count). The van der Waals surface area contributed by atoms with Gasteiger partial charge in [-0.25, -0.2) is 9.37 Å². The Morgan fingerprint density at radius 2 is 2.32 bits per heavy atom. The standard InChI is InChI=1S/C13H11BrClFN2S/c14-11-2-1-8-5-18(4-3-10(8)12(11)16)6-9-7-19-13(15)17-9/h1-2,7H,3-6H2. The van der Waals surface area contributed by atoms with Crippen molar-refractivity contribution >= 4 is 38.9 Å². The third-order valence-electron chi connectivity index (χ3n) is 3.27. The Bertz CT molecular complexity index is 617. The first-order chi connectivity index (χ1) is 9.13. The Morgan fingerprint density at radius 3 is 3.05 bits per heavy atom. The van der Waals surface area contributed by atoms with E-state index in [1.54, 1.807) is 6.07 Å². The van der Waals surface area contributed by atoms with Crippen LogP contribution in [0.5, 0.6) is 0 Å². The Labute approximate surface area is 128 Å². The van der Waals surface area contributed by atoms with Gasteiger partial charge in [-0.1, -0.05) is 17.7 Å². The number of halogens is 3. The summed E-state index contributed by atoms with van der Waals surface area (Å²) in [5.74, 6) is -0.117. The lowest BCUT2D eigenvalue weighted by Crippen LogP contribution is -2.30. The third kappa shape index (κ3) is 2.84. The summed E-state index contributed by atoms with van der Waals surface area (Å²) in [6.07, 6.45) is 0.735. The number of aromatic nitrogens is 1. The van der Waals surface area contributed by atoms with Gasteiger partial charge in [-0.3, -0.25) is 4.90 Å². The first-order valence-electron chi connectivity index (χ1n) is 5.91. The molecule has 1 aliphatic rings. The van der Waals surface area contributed by atoms with Crippen LogP contribution in [0.15, 0.2) is 22.0 Å². The minimum absolute atomic E-state index is 0.117. The summed E-state index contributed by atoms with van der Waals surface area (Å²) in [4.78, 5) is 6.52. The van der Waals surface area contributed by atoms with Gasteiger partial charge in [0.2, 0.25) is 0 Å². The molecule has 0 N–H and O–H groups in total. The fraction of sp³-hybridized carbons (Fsp3) is 0.308. The van der Waals surface area contributed by atoms with Crippen LogP contribution >= 0.6 is 38.9 Å². The molecule has 0 bridgehead atoms. The molecule has 100 valence electrons. The van der Waals surface area contributed by atoms with Crippen molar-refractivity contribution in [2.45, 2.75) is 19.5 Å². The summed E-state index contributed by atoms with van der Waals surface area (Å²) in [7, 11) is 0. The summed E-state index contributed by atoms with van der Waals surface area (Å²) in [5, 5.41) is 1.97. The summed E-state index contributed by atoms with van der Waals surface area (Å²) in [5.41, 5.74) is 2.88. The maximum Gasteiger partial charge on any atom is 0.183 e. The van der Waals surface area contributed by atoms with Crippen LogP contribution in [0, 0.1) is 5.82 Å². The quantitative estimate of drug-likeness (QED) is 0.794. The van der Waals surface area contributed by atoms with Crippen molar-refractivity contribution in [2.75, 3.05) is 6.54 Å². The van der Waals surface area contributed by atoms with Crippen molar-refractivity contribution in [1.82, 2.24) is 9.88 Å². The number of hydrogen-bond acceptors (Lipinski definition) is 3. The van der Waals surface area contributed by atoms with Crippen LogP contribution in [-0.4, -0.2) is 16.4 Å². The number of hydrogen-bond donors (Lipinski definition) is 0. The number of rotatable bonds is 2. The van der Waals surface area contributed by atoms with E-state index >= 15 is 0 Å². The second-order valence-electron chi connectivity index (χ2n) is 4.55. The molecule has 0 atom stereocenters. The highest BCUT2D eigenvalue weighted by molar-refractivity contribution is 9.10. The molecule has 1 aromatic carbocycles. The van der Waals surface area contributed by atoms with Gasteiger partial charge in [0.1, 0.15) is 5.82 Å². The lowest BCUT2D eigenvalue weighted by Gasteiger charge is -2.28. The van der Waals surface area contributed by atoms with Gasteiger partial charge in [-0.05, 0) is 39.5 Å². The first-order valence-corrected chi connectivity index (χ1v) is 7.96. The average molecular weight is 362 g/mol. The maximum absolute atomic E-state index is 13.9. The minimum Gasteiger partial charge on any atom is -0.293 e. The van der Waals surface area contributed by atoms with Crippen molar-refractivity contribution in [1.29, 1.82) is 0 Å². The normalized spacial score (nSPS) is 15.5. The van der Waals surface area contributed by atoms with Gasteiger partial charge in [0, 0.05) is 25.0 Å². The molecular formula is C13H11BrClFN2S. The predicted molar refractivity (Wildman–Crippen MR) is 79.0 cm³/mol. The number of nitrogens with zero attached hydrogens (tertiary/aromatic N) is 2. The van der Waals surface area contributed by atoms with E-state index in [9.17, 15) is 4.39 Å². The van der Waals surface area contributed by atoms with Crippen molar-refractivity contribution in [3.8, 4) is 0 Å². The van der Waals surface area contributed by atoms with E-state index in [0.29, 0.717) is 8.94 Å². The molecule has 0 radical (unpaired) electrons.